The molecular formula is C15H13N5O4. The van der Waals surface area contributed by atoms with Crippen LogP contribution in [0.25, 0.3) is 10.4 Å². The molecule has 0 heterocycles. The fourth-order valence-electron chi connectivity index (χ4n) is 2.60. The maximum Gasteiger partial charge on any atom is 0.336 e. The summed E-state index contributed by atoms with van der Waals surface area (Å²) >= 11 is 0. The highest BCUT2D eigenvalue weighted by Crippen LogP contribution is 2.36. The summed E-state index contributed by atoms with van der Waals surface area (Å²) in [6.45, 7) is 0. The first kappa shape index (κ1) is 16.8. The van der Waals surface area contributed by atoms with Gasteiger partial charge in [-0.2, -0.15) is 0 Å². The van der Waals surface area contributed by atoms with Crippen LogP contribution in [0.1, 0.15) is 22.3 Å². The van der Waals surface area contributed by atoms with Gasteiger partial charge in [0.2, 0.25) is 12.8 Å². The average molecular weight is 327 g/mol. The minimum atomic E-state index is -1.20. The smallest absolute Gasteiger partial charge is 0.336 e. The van der Waals surface area contributed by atoms with Crippen LogP contribution in [0.4, 0.5) is 0 Å². The second-order valence-corrected chi connectivity index (χ2v) is 4.89. The summed E-state index contributed by atoms with van der Waals surface area (Å²) < 4.78 is 0. The lowest BCUT2D eigenvalue weighted by Crippen LogP contribution is -2.43. The minimum absolute atomic E-state index is 0.00851. The molecule has 2 amide bonds. The Morgan fingerprint density at radius 2 is 2.08 bits per heavy atom. The van der Waals surface area contributed by atoms with Crippen molar-refractivity contribution in [2.75, 3.05) is 0 Å². The Morgan fingerprint density at radius 1 is 1.33 bits per heavy atom. The fourth-order valence-corrected chi connectivity index (χ4v) is 2.60. The van der Waals surface area contributed by atoms with Gasteiger partial charge < -0.3 is 15.7 Å². The second kappa shape index (κ2) is 7.12. The summed E-state index contributed by atoms with van der Waals surface area (Å²) in [6.07, 6.45) is 3.96. The van der Waals surface area contributed by atoms with Gasteiger partial charge in [0.1, 0.15) is 0 Å². The highest BCUT2D eigenvalue weighted by atomic mass is 16.4. The molecule has 1 aliphatic carbocycles. The molecular weight excluding hydrogens is 314 g/mol. The van der Waals surface area contributed by atoms with Gasteiger partial charge in [-0.05, 0) is 29.7 Å². The Hall–Kier alpha value is -3.58. The summed E-state index contributed by atoms with van der Waals surface area (Å²) in [4.78, 5) is 36.1. The minimum Gasteiger partial charge on any atom is -0.478 e. The van der Waals surface area contributed by atoms with E-state index < -0.39 is 11.5 Å². The van der Waals surface area contributed by atoms with Gasteiger partial charge in [0.25, 0.3) is 0 Å². The Balaban J connectivity index is 2.65. The number of nitrogens with zero attached hydrogens (tertiary/aromatic N) is 3. The van der Waals surface area contributed by atoms with Crippen molar-refractivity contribution in [1.82, 2.24) is 10.6 Å². The topological polar surface area (TPSA) is 144 Å². The zero-order valence-corrected chi connectivity index (χ0v) is 12.3. The van der Waals surface area contributed by atoms with Crippen LogP contribution in [0.3, 0.4) is 0 Å². The molecule has 1 aliphatic rings. The molecule has 9 heteroatoms. The molecule has 122 valence electrons. The number of carboxylic acids is 1. The number of benzene rings is 1. The van der Waals surface area contributed by atoms with Gasteiger partial charge in [0, 0.05) is 10.6 Å². The van der Waals surface area contributed by atoms with Crippen molar-refractivity contribution >= 4 is 18.8 Å². The fraction of sp³-hybridized carbons (Fsp3) is 0.133. The van der Waals surface area contributed by atoms with E-state index >= 15 is 0 Å². The number of carbonyl (C=O) groups excluding carboxylic acids is 2. The molecule has 0 aromatic heterocycles. The summed E-state index contributed by atoms with van der Waals surface area (Å²) in [5.41, 5.74) is 8.10. The van der Waals surface area contributed by atoms with Gasteiger partial charge in [-0.3, -0.25) is 9.59 Å². The van der Waals surface area contributed by atoms with Crippen molar-refractivity contribution in [1.29, 1.82) is 0 Å². The second-order valence-electron chi connectivity index (χ2n) is 4.89. The monoisotopic (exact) mass is 327 g/mol. The largest absolute Gasteiger partial charge is 0.478 e. The third-order valence-corrected chi connectivity index (χ3v) is 3.61. The van der Waals surface area contributed by atoms with Crippen molar-refractivity contribution in [3.8, 4) is 0 Å². The van der Waals surface area contributed by atoms with E-state index in [1.54, 1.807) is 18.2 Å². The van der Waals surface area contributed by atoms with E-state index in [1.807, 2.05) is 0 Å². The third kappa shape index (κ3) is 3.11. The first-order chi connectivity index (χ1) is 11.6. The molecule has 0 fully saturated rings. The van der Waals surface area contributed by atoms with Crippen LogP contribution in [0.15, 0.2) is 52.9 Å². The van der Waals surface area contributed by atoms with Crippen LogP contribution in [0, 0.1) is 0 Å². The van der Waals surface area contributed by atoms with Crippen LogP contribution < -0.4 is 10.6 Å². The molecule has 0 saturated heterocycles. The van der Waals surface area contributed by atoms with Crippen molar-refractivity contribution in [3.05, 3.63) is 69.4 Å². The molecule has 1 atom stereocenters. The predicted octanol–water partition coefficient (Wildman–Crippen LogP) is 1.55. The molecule has 0 saturated carbocycles. The van der Waals surface area contributed by atoms with E-state index in [4.69, 9.17) is 5.53 Å². The third-order valence-electron chi connectivity index (χ3n) is 3.61. The molecule has 0 bridgehead atoms. The van der Waals surface area contributed by atoms with Crippen molar-refractivity contribution in [2.24, 2.45) is 5.11 Å². The number of hydrogen-bond donors (Lipinski definition) is 3. The Kier molecular flexibility index (Phi) is 4.98. The SMILES string of the molecule is [N-]=[N+]=NC1=CCC(NC=O)(c2ccccc2C(=O)O)C=C1NC=O. The van der Waals surface area contributed by atoms with Crippen molar-refractivity contribution in [3.63, 3.8) is 0 Å². The molecule has 0 radical (unpaired) electrons. The standard InChI is InChI=1S/C15H13N5O4/c16-20-19-12-5-6-15(18-9-22,7-13(12)17-8-21)11-4-2-1-3-10(11)14(23)24/h1-5,7-9H,6H2,(H,17,21)(H,18,22)(H,23,24). The predicted molar refractivity (Wildman–Crippen MR) is 83.4 cm³/mol. The van der Waals surface area contributed by atoms with E-state index in [2.05, 4.69) is 20.7 Å². The van der Waals surface area contributed by atoms with E-state index in [0.717, 1.165) is 0 Å². The lowest BCUT2D eigenvalue weighted by atomic mass is 9.80. The number of nitrogens with one attached hydrogen (secondary N) is 2. The first-order valence-corrected chi connectivity index (χ1v) is 6.81. The first-order valence-electron chi connectivity index (χ1n) is 6.81. The normalized spacial score (nSPS) is 19.2. The zero-order chi connectivity index (χ0) is 17.6. The summed E-state index contributed by atoms with van der Waals surface area (Å²) in [6, 6.07) is 6.20. The molecule has 24 heavy (non-hydrogen) atoms. The van der Waals surface area contributed by atoms with E-state index in [-0.39, 0.29) is 23.4 Å². The highest BCUT2D eigenvalue weighted by molar-refractivity contribution is 5.90. The number of hydrogen-bond acceptors (Lipinski definition) is 4. The maximum absolute atomic E-state index is 11.5. The van der Waals surface area contributed by atoms with Crippen molar-refractivity contribution in [2.45, 2.75) is 12.0 Å². The zero-order valence-electron chi connectivity index (χ0n) is 12.3. The Bertz CT molecular complexity index is 795. The number of amides is 2. The molecule has 1 aromatic carbocycles. The van der Waals surface area contributed by atoms with Crippen LogP contribution in [0.5, 0.6) is 0 Å². The van der Waals surface area contributed by atoms with Gasteiger partial charge in [-0.15, -0.1) is 0 Å². The summed E-state index contributed by atoms with van der Waals surface area (Å²) in [5, 5.41) is 17.9. The summed E-state index contributed by atoms with van der Waals surface area (Å²) in [5.74, 6) is -1.15. The van der Waals surface area contributed by atoms with E-state index in [1.165, 1.54) is 18.2 Å². The quantitative estimate of drug-likeness (QED) is 0.302. The van der Waals surface area contributed by atoms with Gasteiger partial charge in [0.05, 0.1) is 16.8 Å². The number of carboxylic acid groups (broad SMARTS) is 1. The number of carbonyl (C=O) groups is 3. The Morgan fingerprint density at radius 3 is 2.71 bits per heavy atom. The lowest BCUT2D eigenvalue weighted by Gasteiger charge is -2.34. The Labute approximate surface area is 136 Å². The molecule has 3 N–H and O–H groups in total. The van der Waals surface area contributed by atoms with E-state index in [9.17, 15) is 19.5 Å². The lowest BCUT2D eigenvalue weighted by molar-refractivity contribution is -0.111. The van der Waals surface area contributed by atoms with Gasteiger partial charge >= 0.3 is 5.97 Å². The van der Waals surface area contributed by atoms with Crippen LogP contribution in [0.2, 0.25) is 0 Å². The average Bonchev–Trinajstić information content (AvgIpc) is 2.58. The molecule has 0 aliphatic heterocycles. The molecule has 0 spiro atoms. The number of rotatable bonds is 7. The molecule has 1 aromatic rings. The number of aromatic carboxylic acids is 1. The van der Waals surface area contributed by atoms with E-state index in [0.29, 0.717) is 18.4 Å². The molecule has 2 rings (SSSR count). The molecule has 9 nitrogen and oxygen atoms in total. The van der Waals surface area contributed by atoms with Gasteiger partial charge in [-0.1, -0.05) is 29.4 Å². The maximum atomic E-state index is 11.5. The summed E-state index contributed by atoms with van der Waals surface area (Å²) in [7, 11) is 0. The van der Waals surface area contributed by atoms with Gasteiger partial charge in [0.15, 0.2) is 0 Å². The molecule has 1 unspecified atom stereocenters. The highest BCUT2D eigenvalue weighted by Gasteiger charge is 2.35. The van der Waals surface area contributed by atoms with Crippen LogP contribution in [-0.4, -0.2) is 23.9 Å². The van der Waals surface area contributed by atoms with Crippen LogP contribution >= 0.6 is 0 Å². The number of azide groups is 1. The van der Waals surface area contributed by atoms with Gasteiger partial charge in [-0.25, -0.2) is 4.79 Å². The van der Waals surface area contributed by atoms with Crippen molar-refractivity contribution < 1.29 is 19.5 Å². The van der Waals surface area contributed by atoms with Crippen LogP contribution in [-0.2, 0) is 15.1 Å².